The van der Waals surface area contributed by atoms with Gasteiger partial charge in [-0.2, -0.15) is 0 Å². The van der Waals surface area contributed by atoms with E-state index in [0.717, 1.165) is 29.7 Å². The zero-order valence-corrected chi connectivity index (χ0v) is 11.8. The molecule has 2 aliphatic heterocycles. The Morgan fingerprint density at radius 3 is 2.71 bits per heavy atom. The van der Waals surface area contributed by atoms with Crippen LogP contribution in [0.3, 0.4) is 0 Å². The Labute approximate surface area is 124 Å². The first-order valence-electron chi connectivity index (χ1n) is 7.46. The van der Waals surface area contributed by atoms with E-state index in [-0.39, 0.29) is 6.10 Å². The van der Waals surface area contributed by atoms with E-state index in [1.807, 2.05) is 30.3 Å². The number of hydrogen-bond acceptors (Lipinski definition) is 3. The van der Waals surface area contributed by atoms with E-state index in [2.05, 4.69) is 12.1 Å². The van der Waals surface area contributed by atoms with Crippen molar-refractivity contribution in [2.75, 3.05) is 13.2 Å². The molecule has 2 aromatic carbocycles. The molecular weight excluding hydrogens is 264 g/mol. The number of rotatable bonds is 2. The number of ether oxygens (including phenoxy) is 2. The number of aliphatic hydroxyl groups excluding tert-OH is 1. The largest absolute Gasteiger partial charge is 0.493 e. The van der Waals surface area contributed by atoms with Gasteiger partial charge >= 0.3 is 0 Å². The van der Waals surface area contributed by atoms with E-state index in [1.54, 1.807) is 0 Å². The Bertz CT molecular complexity index is 665. The van der Waals surface area contributed by atoms with Gasteiger partial charge < -0.3 is 14.6 Å². The summed E-state index contributed by atoms with van der Waals surface area (Å²) in [5.41, 5.74) is 4.37. The molecule has 0 amide bonds. The molecule has 0 bridgehead atoms. The third-order valence-electron chi connectivity index (χ3n) is 4.38. The number of fused-ring (bicyclic) bond motifs is 2. The van der Waals surface area contributed by atoms with Crippen molar-refractivity contribution in [3.8, 4) is 5.75 Å². The van der Waals surface area contributed by atoms with Gasteiger partial charge in [0.2, 0.25) is 0 Å². The molecule has 2 unspecified atom stereocenters. The fourth-order valence-corrected chi connectivity index (χ4v) is 3.32. The average molecular weight is 282 g/mol. The number of benzene rings is 2. The van der Waals surface area contributed by atoms with E-state index in [9.17, 15) is 5.11 Å². The third-order valence-corrected chi connectivity index (χ3v) is 4.38. The zero-order chi connectivity index (χ0) is 14.2. The maximum atomic E-state index is 10.9. The zero-order valence-electron chi connectivity index (χ0n) is 11.8. The van der Waals surface area contributed by atoms with E-state index in [1.165, 1.54) is 11.1 Å². The standard InChI is InChI=1S/C18H18O3/c19-16(15-7-3-5-13-9-11-20-17(13)15)18-14-6-2-1-4-12(14)8-10-21-18/h1-7,16,18-19H,8-11H2. The highest BCUT2D eigenvalue weighted by atomic mass is 16.5. The molecule has 2 heterocycles. The van der Waals surface area contributed by atoms with Crippen LogP contribution in [0.1, 0.15) is 34.5 Å². The average Bonchev–Trinajstić information content (AvgIpc) is 3.02. The number of para-hydroxylation sites is 1. The number of hydrogen-bond donors (Lipinski definition) is 1. The monoisotopic (exact) mass is 282 g/mol. The van der Waals surface area contributed by atoms with Gasteiger partial charge in [0.1, 0.15) is 18.0 Å². The molecule has 108 valence electrons. The summed E-state index contributed by atoms with van der Waals surface area (Å²) in [5, 5.41) is 10.9. The van der Waals surface area contributed by atoms with Crippen molar-refractivity contribution >= 4 is 0 Å². The van der Waals surface area contributed by atoms with Gasteiger partial charge in [-0.1, -0.05) is 42.5 Å². The van der Waals surface area contributed by atoms with Crippen molar-refractivity contribution in [2.45, 2.75) is 25.0 Å². The predicted molar refractivity (Wildman–Crippen MR) is 79.4 cm³/mol. The Kier molecular flexibility index (Phi) is 3.17. The molecule has 0 aromatic heterocycles. The van der Waals surface area contributed by atoms with Crippen molar-refractivity contribution in [3.05, 3.63) is 64.7 Å². The fourth-order valence-electron chi connectivity index (χ4n) is 3.32. The molecule has 3 nitrogen and oxygen atoms in total. The van der Waals surface area contributed by atoms with Crippen LogP contribution in [0.5, 0.6) is 5.75 Å². The van der Waals surface area contributed by atoms with Gasteiger partial charge in [0.25, 0.3) is 0 Å². The first kappa shape index (κ1) is 12.9. The van der Waals surface area contributed by atoms with Gasteiger partial charge in [-0.05, 0) is 23.1 Å². The lowest BCUT2D eigenvalue weighted by Gasteiger charge is -2.30. The Hall–Kier alpha value is -1.84. The second-order valence-corrected chi connectivity index (χ2v) is 5.62. The second kappa shape index (κ2) is 5.17. The van der Waals surface area contributed by atoms with E-state index in [4.69, 9.17) is 9.47 Å². The molecule has 3 heteroatoms. The molecule has 0 aliphatic carbocycles. The Morgan fingerprint density at radius 1 is 0.952 bits per heavy atom. The minimum atomic E-state index is -0.695. The SMILES string of the molecule is OC(c1cccc2c1OCC2)C1OCCc2ccccc21. The quantitative estimate of drug-likeness (QED) is 0.920. The normalized spacial score (nSPS) is 21.3. The van der Waals surface area contributed by atoms with E-state index < -0.39 is 6.10 Å². The molecule has 0 spiro atoms. The molecule has 0 saturated carbocycles. The van der Waals surface area contributed by atoms with Crippen molar-refractivity contribution in [1.82, 2.24) is 0 Å². The molecule has 2 atom stereocenters. The first-order valence-corrected chi connectivity index (χ1v) is 7.46. The molecular formula is C18H18O3. The van der Waals surface area contributed by atoms with Crippen LogP contribution in [0.25, 0.3) is 0 Å². The maximum absolute atomic E-state index is 10.9. The molecule has 4 rings (SSSR count). The predicted octanol–water partition coefficient (Wildman–Crippen LogP) is 2.97. The van der Waals surface area contributed by atoms with Gasteiger partial charge in [-0.25, -0.2) is 0 Å². The van der Waals surface area contributed by atoms with Crippen molar-refractivity contribution in [1.29, 1.82) is 0 Å². The molecule has 0 fully saturated rings. The highest BCUT2D eigenvalue weighted by molar-refractivity contribution is 5.46. The van der Waals surface area contributed by atoms with Crippen LogP contribution >= 0.6 is 0 Å². The van der Waals surface area contributed by atoms with Crippen molar-refractivity contribution in [2.24, 2.45) is 0 Å². The molecule has 21 heavy (non-hydrogen) atoms. The summed E-state index contributed by atoms with van der Waals surface area (Å²) < 4.78 is 11.6. The summed E-state index contributed by atoms with van der Waals surface area (Å²) in [5.74, 6) is 0.844. The lowest BCUT2D eigenvalue weighted by Crippen LogP contribution is -2.22. The maximum Gasteiger partial charge on any atom is 0.128 e. The van der Waals surface area contributed by atoms with Crippen LogP contribution in [0, 0.1) is 0 Å². The lowest BCUT2D eigenvalue weighted by molar-refractivity contribution is -0.0490. The summed E-state index contributed by atoms with van der Waals surface area (Å²) in [6, 6.07) is 14.2. The summed E-state index contributed by atoms with van der Waals surface area (Å²) in [6.07, 6.45) is 0.811. The Morgan fingerprint density at radius 2 is 1.76 bits per heavy atom. The highest BCUT2D eigenvalue weighted by Gasteiger charge is 2.31. The molecule has 2 aromatic rings. The van der Waals surface area contributed by atoms with Crippen LogP contribution in [-0.2, 0) is 17.6 Å². The summed E-state index contributed by atoms with van der Waals surface area (Å²) in [6.45, 7) is 1.34. The van der Waals surface area contributed by atoms with Crippen LogP contribution in [-0.4, -0.2) is 18.3 Å². The highest BCUT2D eigenvalue weighted by Crippen LogP contribution is 2.42. The molecule has 1 N–H and O–H groups in total. The van der Waals surface area contributed by atoms with E-state index >= 15 is 0 Å². The summed E-state index contributed by atoms with van der Waals surface area (Å²) >= 11 is 0. The van der Waals surface area contributed by atoms with Gasteiger partial charge in [0.05, 0.1) is 13.2 Å². The number of aliphatic hydroxyl groups is 1. The topological polar surface area (TPSA) is 38.7 Å². The lowest BCUT2D eigenvalue weighted by atomic mass is 9.90. The van der Waals surface area contributed by atoms with Gasteiger partial charge in [0, 0.05) is 12.0 Å². The van der Waals surface area contributed by atoms with E-state index in [0.29, 0.717) is 13.2 Å². The molecule has 2 aliphatic rings. The Balaban J connectivity index is 1.73. The second-order valence-electron chi connectivity index (χ2n) is 5.62. The van der Waals surface area contributed by atoms with Crippen molar-refractivity contribution in [3.63, 3.8) is 0 Å². The van der Waals surface area contributed by atoms with Crippen LogP contribution in [0.4, 0.5) is 0 Å². The van der Waals surface area contributed by atoms with Crippen LogP contribution < -0.4 is 4.74 Å². The van der Waals surface area contributed by atoms with Gasteiger partial charge in [0.15, 0.2) is 0 Å². The molecule has 0 radical (unpaired) electrons. The molecule has 0 saturated heterocycles. The van der Waals surface area contributed by atoms with Crippen LogP contribution in [0.2, 0.25) is 0 Å². The van der Waals surface area contributed by atoms with Gasteiger partial charge in [-0.3, -0.25) is 0 Å². The summed E-state index contributed by atoms with van der Waals surface area (Å²) in [4.78, 5) is 0. The first-order chi connectivity index (χ1) is 10.3. The third kappa shape index (κ3) is 2.13. The minimum absolute atomic E-state index is 0.314. The minimum Gasteiger partial charge on any atom is -0.493 e. The smallest absolute Gasteiger partial charge is 0.128 e. The van der Waals surface area contributed by atoms with Crippen molar-refractivity contribution < 1.29 is 14.6 Å². The fraction of sp³-hybridized carbons (Fsp3) is 0.333. The summed E-state index contributed by atoms with van der Waals surface area (Å²) in [7, 11) is 0. The van der Waals surface area contributed by atoms with Gasteiger partial charge in [-0.15, -0.1) is 0 Å². The van der Waals surface area contributed by atoms with Crippen LogP contribution in [0.15, 0.2) is 42.5 Å².